The summed E-state index contributed by atoms with van der Waals surface area (Å²) in [4.78, 5) is 40.2. The highest BCUT2D eigenvalue weighted by molar-refractivity contribution is 14.1. The number of anilines is 1. The van der Waals surface area contributed by atoms with Crippen LogP contribution >= 0.6 is 22.6 Å². The summed E-state index contributed by atoms with van der Waals surface area (Å²) in [6.07, 6.45) is 9.70. The maximum atomic E-state index is 12.9. The van der Waals surface area contributed by atoms with E-state index in [4.69, 9.17) is 0 Å². The average molecular weight is 525 g/mol. The van der Waals surface area contributed by atoms with Gasteiger partial charge in [0.1, 0.15) is 5.78 Å². The van der Waals surface area contributed by atoms with Crippen molar-refractivity contribution in [2.45, 2.75) is 57.5 Å². The Morgan fingerprint density at radius 3 is 2.20 bits per heavy atom. The molecular weight excluding hydrogens is 493 g/mol. The summed E-state index contributed by atoms with van der Waals surface area (Å²) in [6.45, 7) is 4.56. The van der Waals surface area contributed by atoms with Crippen LogP contribution in [0.1, 0.15) is 55.8 Å². The highest BCUT2D eigenvalue weighted by Gasteiger charge is 2.41. The lowest BCUT2D eigenvalue weighted by Gasteiger charge is -2.40. The van der Waals surface area contributed by atoms with Crippen molar-refractivity contribution in [1.29, 1.82) is 0 Å². The monoisotopic (exact) mass is 525 g/mol. The average Bonchev–Trinajstić information content (AvgIpc) is 3.03. The topological polar surface area (TPSA) is 69.6 Å². The Balaban J connectivity index is 1.34. The molecule has 2 unspecified atom stereocenters. The molecule has 3 heterocycles. The Morgan fingerprint density at radius 2 is 1.67 bits per heavy atom. The first-order valence-corrected chi connectivity index (χ1v) is 12.6. The zero-order valence-corrected chi connectivity index (χ0v) is 20.1. The number of hydrogen-bond donors (Lipinski definition) is 0. The molecule has 0 N–H and O–H groups in total. The van der Waals surface area contributed by atoms with Gasteiger partial charge >= 0.3 is 0 Å². The largest absolute Gasteiger partial charge is 0.341 e. The fourth-order valence-corrected chi connectivity index (χ4v) is 5.98. The van der Waals surface area contributed by atoms with Crippen LogP contribution in [0.25, 0.3) is 0 Å². The molecule has 1 saturated carbocycles. The first-order valence-electron chi connectivity index (χ1n) is 11.1. The second-order valence-electron chi connectivity index (χ2n) is 9.23. The number of rotatable bonds is 6. The number of aromatic nitrogens is 2. The number of fused-ring (bicyclic) bond motifs is 2. The van der Waals surface area contributed by atoms with E-state index in [1.807, 2.05) is 7.05 Å². The lowest BCUT2D eigenvalue weighted by molar-refractivity contribution is -0.121. The molecule has 1 amide bonds. The molecule has 0 radical (unpaired) electrons. The molecule has 164 valence electrons. The van der Waals surface area contributed by atoms with Crippen molar-refractivity contribution in [2.75, 3.05) is 36.1 Å². The molecule has 4 rings (SSSR count). The molecule has 2 aliphatic heterocycles. The normalized spacial score (nSPS) is 29.1. The number of carbonyl (C=O) groups is 2. The van der Waals surface area contributed by atoms with E-state index in [0.29, 0.717) is 29.3 Å². The molecule has 2 saturated heterocycles. The third-order valence-corrected chi connectivity index (χ3v) is 8.11. The highest BCUT2D eigenvalue weighted by atomic mass is 127. The molecule has 2 atom stereocenters. The van der Waals surface area contributed by atoms with Crippen molar-refractivity contribution in [2.24, 2.45) is 11.8 Å². The summed E-state index contributed by atoms with van der Waals surface area (Å²) >= 11 is 2.44. The Labute approximate surface area is 192 Å². The van der Waals surface area contributed by atoms with E-state index in [2.05, 4.69) is 42.4 Å². The second kappa shape index (κ2) is 9.46. The number of halogens is 1. The van der Waals surface area contributed by atoms with Crippen LogP contribution in [0.2, 0.25) is 0 Å². The Morgan fingerprint density at radius 1 is 1.07 bits per heavy atom. The van der Waals surface area contributed by atoms with Gasteiger partial charge in [-0.1, -0.05) is 22.6 Å². The van der Waals surface area contributed by atoms with E-state index in [0.717, 1.165) is 55.8 Å². The van der Waals surface area contributed by atoms with Crippen molar-refractivity contribution in [1.82, 2.24) is 19.8 Å². The lowest BCUT2D eigenvalue weighted by Crippen LogP contribution is -2.54. The Kier molecular flexibility index (Phi) is 6.91. The standard InChI is InChI=1S/C22H32IN5O2/c1-15(29)17-5-3-16(4-6-17)11-26(2)21(30)18-9-24-22(25-10-18)28-19-7-8-20(28)13-27(12-19)14-23/h9-10,16-17,19-20H,3-8,11-14H2,1-2H3. The Hall–Kier alpha value is -1.29. The van der Waals surface area contributed by atoms with Gasteiger partial charge in [-0.15, -0.1) is 0 Å². The summed E-state index contributed by atoms with van der Waals surface area (Å²) in [6, 6.07) is 0.959. The minimum absolute atomic E-state index is 0.0204. The highest BCUT2D eigenvalue weighted by Crippen LogP contribution is 2.33. The number of piperazine rings is 1. The maximum absolute atomic E-state index is 12.9. The fourth-order valence-electron chi connectivity index (χ4n) is 5.42. The van der Waals surface area contributed by atoms with Gasteiger partial charge in [-0.2, -0.15) is 0 Å². The first-order chi connectivity index (χ1) is 14.5. The number of ketones is 1. The van der Waals surface area contributed by atoms with Crippen LogP contribution in [0.4, 0.5) is 5.95 Å². The third kappa shape index (κ3) is 4.64. The van der Waals surface area contributed by atoms with E-state index >= 15 is 0 Å². The smallest absolute Gasteiger partial charge is 0.256 e. The number of nitrogens with zero attached hydrogens (tertiary/aromatic N) is 5. The molecule has 0 spiro atoms. The number of amides is 1. The van der Waals surface area contributed by atoms with Crippen molar-refractivity contribution in [3.05, 3.63) is 18.0 Å². The van der Waals surface area contributed by atoms with Gasteiger partial charge in [0.25, 0.3) is 5.91 Å². The molecule has 7 nitrogen and oxygen atoms in total. The van der Waals surface area contributed by atoms with Crippen LogP contribution in [0.15, 0.2) is 12.4 Å². The minimum Gasteiger partial charge on any atom is -0.341 e. The van der Waals surface area contributed by atoms with Crippen LogP contribution in [0.5, 0.6) is 0 Å². The van der Waals surface area contributed by atoms with Crippen molar-refractivity contribution in [3.63, 3.8) is 0 Å². The van der Waals surface area contributed by atoms with Gasteiger partial charge in [0, 0.05) is 57.1 Å². The lowest BCUT2D eigenvalue weighted by atomic mass is 9.80. The van der Waals surface area contributed by atoms with Crippen LogP contribution in [0.3, 0.4) is 0 Å². The van der Waals surface area contributed by atoms with Gasteiger partial charge in [-0.3, -0.25) is 14.5 Å². The van der Waals surface area contributed by atoms with Gasteiger partial charge < -0.3 is 9.80 Å². The molecular formula is C22H32IN5O2. The molecule has 8 heteroatoms. The molecule has 2 bridgehead atoms. The predicted molar refractivity (Wildman–Crippen MR) is 125 cm³/mol. The van der Waals surface area contributed by atoms with E-state index in [9.17, 15) is 9.59 Å². The zero-order chi connectivity index (χ0) is 21.3. The molecule has 0 aromatic carbocycles. The van der Waals surface area contributed by atoms with Crippen LogP contribution in [-0.4, -0.2) is 74.8 Å². The third-order valence-electron chi connectivity index (χ3n) is 7.14. The molecule has 1 aromatic rings. The van der Waals surface area contributed by atoms with Gasteiger partial charge in [0.15, 0.2) is 0 Å². The summed E-state index contributed by atoms with van der Waals surface area (Å²) in [5.74, 6) is 1.74. The second-order valence-corrected chi connectivity index (χ2v) is 9.92. The summed E-state index contributed by atoms with van der Waals surface area (Å²) in [5.41, 5.74) is 0.553. The van der Waals surface area contributed by atoms with Gasteiger partial charge in [0.05, 0.1) is 10.1 Å². The summed E-state index contributed by atoms with van der Waals surface area (Å²) in [5, 5.41) is 0. The molecule has 1 aromatic heterocycles. The van der Waals surface area contributed by atoms with Crippen LogP contribution < -0.4 is 4.90 Å². The van der Waals surface area contributed by atoms with E-state index in [-0.39, 0.29) is 11.8 Å². The number of likely N-dealkylation sites (tertiary alicyclic amines) is 1. The minimum atomic E-state index is -0.0204. The van der Waals surface area contributed by atoms with Crippen molar-refractivity contribution in [3.8, 4) is 0 Å². The first kappa shape index (κ1) is 21.9. The SMILES string of the molecule is CC(=O)C1CCC(CN(C)C(=O)c2cnc(N3C4CCC3CN(CI)C4)nc2)CC1. The predicted octanol–water partition coefficient (Wildman–Crippen LogP) is 2.99. The van der Waals surface area contributed by atoms with Crippen LogP contribution in [0, 0.1) is 11.8 Å². The summed E-state index contributed by atoms with van der Waals surface area (Å²) < 4.78 is 1.07. The van der Waals surface area contributed by atoms with E-state index < -0.39 is 0 Å². The number of Topliss-reactive ketones (excluding diaryl/α,β-unsaturated/α-hetero) is 1. The number of hydrogen-bond acceptors (Lipinski definition) is 6. The molecule has 30 heavy (non-hydrogen) atoms. The van der Waals surface area contributed by atoms with E-state index in [1.165, 1.54) is 12.8 Å². The van der Waals surface area contributed by atoms with E-state index in [1.54, 1.807) is 24.2 Å². The molecule has 1 aliphatic carbocycles. The molecule has 3 aliphatic rings. The van der Waals surface area contributed by atoms with Gasteiger partial charge in [0.2, 0.25) is 5.95 Å². The number of carbonyl (C=O) groups excluding carboxylic acids is 2. The quantitative estimate of drug-likeness (QED) is 0.323. The maximum Gasteiger partial charge on any atom is 0.256 e. The van der Waals surface area contributed by atoms with Crippen molar-refractivity contribution >= 4 is 40.2 Å². The summed E-state index contributed by atoms with van der Waals surface area (Å²) in [7, 11) is 1.86. The zero-order valence-electron chi connectivity index (χ0n) is 18.0. The van der Waals surface area contributed by atoms with Gasteiger partial charge in [-0.25, -0.2) is 9.97 Å². The number of alkyl halides is 1. The fraction of sp³-hybridized carbons (Fsp3) is 0.727. The Bertz CT molecular complexity index is 751. The van der Waals surface area contributed by atoms with Crippen LogP contribution in [-0.2, 0) is 4.79 Å². The molecule has 3 fully saturated rings. The van der Waals surface area contributed by atoms with Crippen molar-refractivity contribution < 1.29 is 9.59 Å². The van der Waals surface area contributed by atoms with Gasteiger partial charge in [-0.05, 0) is 51.4 Å².